The van der Waals surface area contributed by atoms with E-state index in [0.29, 0.717) is 17.9 Å². The maximum Gasteiger partial charge on any atom is 0.261 e. The fraction of sp³-hybridized carbons (Fsp3) is 0.192. The van der Waals surface area contributed by atoms with Crippen LogP contribution in [0.3, 0.4) is 0 Å². The molecule has 2 unspecified atom stereocenters. The summed E-state index contributed by atoms with van der Waals surface area (Å²) in [6, 6.07) is 25.5. The monoisotopic (exact) mass is 424 g/mol. The normalized spacial score (nSPS) is 17.6. The standard InChI is InChI=1S/C26H24N4O2/c1-18-8-10-19(11-9-18)23-16-24(20-12-14-22(32-2)15-13-20)30-26(27-17-28-30)29(23)25(31)21-6-4-3-5-7-21/h3-15,17,23-24H,16H2,1-2H3. The van der Waals surface area contributed by atoms with Crippen LogP contribution in [-0.2, 0) is 0 Å². The first-order chi connectivity index (χ1) is 15.7. The summed E-state index contributed by atoms with van der Waals surface area (Å²) in [5.74, 6) is 1.27. The topological polar surface area (TPSA) is 60.2 Å². The van der Waals surface area contributed by atoms with Crippen LogP contribution in [0.1, 0.15) is 45.6 Å². The number of aryl methyl sites for hydroxylation is 1. The molecule has 6 heteroatoms. The van der Waals surface area contributed by atoms with Crippen LogP contribution in [0.25, 0.3) is 0 Å². The predicted octanol–water partition coefficient (Wildman–Crippen LogP) is 4.98. The second kappa shape index (κ2) is 8.30. The van der Waals surface area contributed by atoms with Crippen LogP contribution in [0.2, 0.25) is 0 Å². The molecule has 4 aromatic rings. The maximum atomic E-state index is 13.7. The van der Waals surface area contributed by atoms with E-state index in [9.17, 15) is 4.79 Å². The van der Waals surface area contributed by atoms with Crippen LogP contribution in [0.5, 0.6) is 5.75 Å². The molecule has 0 N–H and O–H groups in total. The number of carbonyl (C=O) groups is 1. The summed E-state index contributed by atoms with van der Waals surface area (Å²) >= 11 is 0. The molecule has 1 aliphatic heterocycles. The number of nitrogens with zero attached hydrogens (tertiary/aromatic N) is 4. The third-order valence-electron chi connectivity index (χ3n) is 6.03. The highest BCUT2D eigenvalue weighted by molar-refractivity contribution is 6.05. The van der Waals surface area contributed by atoms with Gasteiger partial charge in [0, 0.05) is 5.56 Å². The number of amides is 1. The number of ether oxygens (including phenoxy) is 1. The molecule has 5 rings (SSSR count). The number of fused-ring (bicyclic) bond motifs is 1. The van der Waals surface area contributed by atoms with E-state index >= 15 is 0 Å². The smallest absolute Gasteiger partial charge is 0.261 e. The third kappa shape index (κ3) is 3.54. The fourth-order valence-electron chi connectivity index (χ4n) is 4.32. The summed E-state index contributed by atoms with van der Waals surface area (Å²) in [7, 11) is 1.66. The van der Waals surface area contributed by atoms with Crippen LogP contribution in [-0.4, -0.2) is 27.8 Å². The largest absolute Gasteiger partial charge is 0.497 e. The van der Waals surface area contributed by atoms with E-state index in [2.05, 4.69) is 53.4 Å². The van der Waals surface area contributed by atoms with Crippen molar-refractivity contribution in [2.75, 3.05) is 12.0 Å². The summed E-state index contributed by atoms with van der Waals surface area (Å²) in [4.78, 5) is 20.0. The number of methoxy groups -OCH3 is 1. The Bertz CT molecular complexity index is 1220. The van der Waals surface area contributed by atoms with Gasteiger partial charge in [-0.3, -0.25) is 9.69 Å². The first-order valence-corrected chi connectivity index (χ1v) is 10.6. The highest BCUT2D eigenvalue weighted by Crippen LogP contribution is 2.42. The third-order valence-corrected chi connectivity index (χ3v) is 6.03. The maximum absolute atomic E-state index is 13.7. The second-order valence-electron chi connectivity index (χ2n) is 8.00. The van der Waals surface area contributed by atoms with Gasteiger partial charge >= 0.3 is 0 Å². The van der Waals surface area contributed by atoms with Crippen molar-refractivity contribution in [1.29, 1.82) is 0 Å². The van der Waals surface area contributed by atoms with Crippen LogP contribution < -0.4 is 9.64 Å². The van der Waals surface area contributed by atoms with E-state index in [1.54, 1.807) is 12.0 Å². The molecule has 32 heavy (non-hydrogen) atoms. The van der Waals surface area contributed by atoms with Crippen molar-refractivity contribution in [3.8, 4) is 5.75 Å². The zero-order chi connectivity index (χ0) is 22.1. The Morgan fingerprint density at radius 2 is 1.56 bits per heavy atom. The number of rotatable bonds is 4. The zero-order valence-corrected chi connectivity index (χ0v) is 18.1. The lowest BCUT2D eigenvalue weighted by Gasteiger charge is -2.39. The molecule has 1 aromatic heterocycles. The van der Waals surface area contributed by atoms with E-state index in [-0.39, 0.29) is 18.0 Å². The van der Waals surface area contributed by atoms with E-state index in [0.717, 1.165) is 16.9 Å². The summed E-state index contributed by atoms with van der Waals surface area (Å²) in [6.45, 7) is 2.06. The Labute approximate surface area is 187 Å². The lowest BCUT2D eigenvalue weighted by atomic mass is 9.91. The van der Waals surface area contributed by atoms with Gasteiger partial charge in [0.15, 0.2) is 0 Å². The number of hydrogen-bond donors (Lipinski definition) is 0. The van der Waals surface area contributed by atoms with Gasteiger partial charge in [0.25, 0.3) is 5.91 Å². The second-order valence-corrected chi connectivity index (χ2v) is 8.00. The molecule has 3 aromatic carbocycles. The van der Waals surface area contributed by atoms with Crippen molar-refractivity contribution < 1.29 is 9.53 Å². The Balaban J connectivity index is 1.63. The number of benzene rings is 3. The van der Waals surface area contributed by atoms with Gasteiger partial charge in [-0.25, -0.2) is 4.68 Å². The van der Waals surface area contributed by atoms with Gasteiger partial charge < -0.3 is 4.74 Å². The molecule has 0 fully saturated rings. The molecule has 2 heterocycles. The van der Waals surface area contributed by atoms with Crippen molar-refractivity contribution in [2.24, 2.45) is 0 Å². The van der Waals surface area contributed by atoms with Crippen LogP contribution in [0, 0.1) is 6.92 Å². The van der Waals surface area contributed by atoms with E-state index in [4.69, 9.17) is 4.74 Å². The SMILES string of the molecule is COc1ccc(C2CC(c3ccc(C)cc3)N(C(=O)c3ccccc3)c3ncnn32)cc1. The van der Waals surface area contributed by atoms with Gasteiger partial charge in [-0.1, -0.05) is 60.2 Å². The quantitative estimate of drug-likeness (QED) is 0.464. The summed E-state index contributed by atoms with van der Waals surface area (Å²) in [6.07, 6.45) is 2.21. The molecule has 6 nitrogen and oxygen atoms in total. The number of carbonyl (C=O) groups excluding carboxylic acids is 1. The van der Waals surface area contributed by atoms with Gasteiger partial charge in [0.1, 0.15) is 12.1 Å². The lowest BCUT2D eigenvalue weighted by molar-refractivity contribution is 0.0963. The number of anilines is 1. The van der Waals surface area contributed by atoms with Crippen molar-refractivity contribution in [2.45, 2.75) is 25.4 Å². The highest BCUT2D eigenvalue weighted by Gasteiger charge is 2.39. The molecule has 0 saturated carbocycles. The molecule has 2 atom stereocenters. The minimum absolute atomic E-state index is 0.0514. The summed E-state index contributed by atoms with van der Waals surface area (Å²) < 4.78 is 7.18. The Morgan fingerprint density at radius 3 is 2.25 bits per heavy atom. The zero-order valence-electron chi connectivity index (χ0n) is 18.1. The Hall–Kier alpha value is -3.93. The van der Waals surface area contributed by atoms with E-state index in [1.807, 2.05) is 47.1 Å². The Kier molecular flexibility index (Phi) is 5.19. The molecule has 0 saturated heterocycles. The van der Waals surface area contributed by atoms with Crippen molar-refractivity contribution >= 4 is 11.9 Å². The Morgan fingerprint density at radius 1 is 0.906 bits per heavy atom. The van der Waals surface area contributed by atoms with Crippen molar-refractivity contribution in [1.82, 2.24) is 14.8 Å². The van der Waals surface area contributed by atoms with Crippen molar-refractivity contribution in [3.05, 3.63) is 107 Å². The van der Waals surface area contributed by atoms with E-state index in [1.165, 1.54) is 11.9 Å². The molecule has 1 aliphatic rings. The molecule has 1 amide bonds. The minimum atomic E-state index is -0.174. The molecule has 0 radical (unpaired) electrons. The highest BCUT2D eigenvalue weighted by atomic mass is 16.5. The van der Waals surface area contributed by atoms with Gasteiger partial charge in [0.05, 0.1) is 19.2 Å². The summed E-state index contributed by atoms with van der Waals surface area (Å²) in [5, 5.41) is 4.51. The molecular weight excluding hydrogens is 400 g/mol. The summed E-state index contributed by atoms with van der Waals surface area (Å²) in [5.41, 5.74) is 3.98. The van der Waals surface area contributed by atoms with E-state index < -0.39 is 0 Å². The van der Waals surface area contributed by atoms with Crippen LogP contribution in [0.15, 0.2) is 85.2 Å². The molecule has 0 bridgehead atoms. The molecule has 160 valence electrons. The lowest BCUT2D eigenvalue weighted by Crippen LogP contribution is -2.42. The fourth-order valence-corrected chi connectivity index (χ4v) is 4.32. The van der Waals surface area contributed by atoms with Gasteiger partial charge in [-0.05, 0) is 48.7 Å². The van der Waals surface area contributed by atoms with Gasteiger partial charge in [-0.2, -0.15) is 10.1 Å². The van der Waals surface area contributed by atoms with Crippen molar-refractivity contribution in [3.63, 3.8) is 0 Å². The van der Waals surface area contributed by atoms with Gasteiger partial charge in [-0.15, -0.1) is 0 Å². The average molecular weight is 425 g/mol. The first kappa shape index (κ1) is 20.0. The molecule has 0 aliphatic carbocycles. The molecular formula is C26H24N4O2. The predicted molar refractivity (Wildman–Crippen MR) is 123 cm³/mol. The molecule has 0 spiro atoms. The number of aromatic nitrogens is 3. The first-order valence-electron chi connectivity index (χ1n) is 10.6. The average Bonchev–Trinajstić information content (AvgIpc) is 3.33. The minimum Gasteiger partial charge on any atom is -0.497 e. The van der Waals surface area contributed by atoms with Crippen LogP contribution in [0.4, 0.5) is 5.95 Å². The number of hydrogen-bond acceptors (Lipinski definition) is 4. The van der Waals surface area contributed by atoms with Crippen LogP contribution >= 0.6 is 0 Å². The van der Waals surface area contributed by atoms with Gasteiger partial charge in [0.2, 0.25) is 5.95 Å².